The molecule has 40 heavy (non-hydrogen) atoms. The molecule has 0 aliphatic rings. The van der Waals surface area contributed by atoms with E-state index < -0.39 is 0 Å². The number of para-hydroxylation sites is 6. The normalized spacial score (nSPS) is 11.4. The highest BCUT2D eigenvalue weighted by Crippen LogP contribution is 2.42. The van der Waals surface area contributed by atoms with Crippen molar-refractivity contribution in [2.75, 3.05) is 9.99 Å². The van der Waals surface area contributed by atoms with Gasteiger partial charge in [0.2, 0.25) is 0 Å². The summed E-state index contributed by atoms with van der Waals surface area (Å²) in [6.45, 7) is 0. The molecule has 1 N–H and O–H groups in total. The Kier molecular flexibility index (Phi) is 6.49. The summed E-state index contributed by atoms with van der Waals surface area (Å²) in [5.41, 5.74) is 8.07. The van der Waals surface area contributed by atoms with E-state index in [1.54, 1.807) is 0 Å². The van der Waals surface area contributed by atoms with Gasteiger partial charge in [0.15, 0.2) is 0 Å². The van der Waals surface area contributed by atoms with Gasteiger partial charge in [-0.1, -0.05) is 91.0 Å². The molecule has 0 saturated heterocycles. The zero-order valence-corrected chi connectivity index (χ0v) is 22.9. The average Bonchev–Trinajstić information content (AvgIpc) is 3.35. The van der Waals surface area contributed by atoms with Crippen molar-refractivity contribution in [3.63, 3.8) is 0 Å². The number of nitrogens with zero attached hydrogens (tertiary/aromatic N) is 2. The van der Waals surface area contributed by atoms with E-state index in [1.165, 1.54) is 32.8 Å². The Morgan fingerprint density at radius 3 is 1.95 bits per heavy atom. The fourth-order valence-electron chi connectivity index (χ4n) is 5.32. The Balaban J connectivity index is 1.34. The summed E-state index contributed by atoms with van der Waals surface area (Å²) in [7, 11) is 0.402. The summed E-state index contributed by atoms with van der Waals surface area (Å²) in [5, 5.41) is 7.46. The Bertz CT molecular complexity index is 1900. The number of hydrogen-bond donors (Lipinski definition) is 1. The Morgan fingerprint density at radius 2 is 1.15 bits per heavy atom. The van der Waals surface area contributed by atoms with Crippen LogP contribution in [0.1, 0.15) is 0 Å². The van der Waals surface area contributed by atoms with Crippen LogP contribution in [0.15, 0.2) is 158 Å². The molecular weight excluding hydrogens is 505 g/mol. The van der Waals surface area contributed by atoms with Gasteiger partial charge in [-0.05, 0) is 72.0 Å². The van der Waals surface area contributed by atoms with Gasteiger partial charge in [0.1, 0.15) is 0 Å². The molecule has 0 amide bonds. The average molecular weight is 534 g/mol. The molecule has 1 unspecified atom stereocenters. The van der Waals surface area contributed by atoms with Gasteiger partial charge in [-0.3, -0.25) is 0 Å². The van der Waals surface area contributed by atoms with Gasteiger partial charge in [-0.15, -0.1) is 0 Å². The predicted octanol–water partition coefficient (Wildman–Crippen LogP) is 9.58. The van der Waals surface area contributed by atoms with Crippen LogP contribution in [0.3, 0.4) is 0 Å². The summed E-state index contributed by atoms with van der Waals surface area (Å²) in [6.07, 6.45) is 0. The van der Waals surface area contributed by atoms with Crippen molar-refractivity contribution in [1.29, 1.82) is 0 Å². The maximum absolute atomic E-state index is 3.64. The fraction of sp³-hybridized carbons (Fsp3) is 0. The molecule has 192 valence electrons. The van der Waals surface area contributed by atoms with Crippen LogP contribution in [0.4, 0.5) is 22.7 Å². The van der Waals surface area contributed by atoms with Crippen LogP contribution < -0.4 is 15.3 Å². The minimum absolute atomic E-state index is 0.402. The number of rotatable bonds is 7. The van der Waals surface area contributed by atoms with Crippen LogP contribution in [0.5, 0.6) is 0 Å². The molecule has 6 aromatic carbocycles. The molecule has 0 radical (unpaired) electrons. The second-order valence-corrected chi connectivity index (χ2v) is 11.0. The van der Waals surface area contributed by atoms with Crippen molar-refractivity contribution in [3.8, 4) is 5.69 Å². The van der Waals surface area contributed by atoms with Crippen LogP contribution in [0.2, 0.25) is 0 Å². The van der Waals surface area contributed by atoms with E-state index in [1.807, 2.05) is 6.07 Å². The molecule has 7 rings (SSSR count). The van der Waals surface area contributed by atoms with Crippen molar-refractivity contribution < 1.29 is 0 Å². The molecule has 0 aliphatic carbocycles. The predicted molar refractivity (Wildman–Crippen MR) is 173 cm³/mol. The van der Waals surface area contributed by atoms with Gasteiger partial charge in [0, 0.05) is 36.6 Å². The lowest BCUT2D eigenvalue weighted by Gasteiger charge is -2.27. The van der Waals surface area contributed by atoms with Crippen LogP contribution in [-0.2, 0) is 0 Å². The zero-order chi connectivity index (χ0) is 26.7. The molecule has 1 heterocycles. The van der Waals surface area contributed by atoms with E-state index in [9.17, 15) is 0 Å². The van der Waals surface area contributed by atoms with Gasteiger partial charge in [0.25, 0.3) is 0 Å². The molecule has 4 heteroatoms. The Labute approximate surface area is 236 Å². The first-order valence-corrected chi connectivity index (χ1v) is 14.4. The van der Waals surface area contributed by atoms with Crippen molar-refractivity contribution in [3.05, 3.63) is 158 Å². The summed E-state index contributed by atoms with van der Waals surface area (Å²) in [5.74, 6) is 0. The first kappa shape index (κ1) is 24.2. The molecule has 3 nitrogen and oxygen atoms in total. The van der Waals surface area contributed by atoms with Gasteiger partial charge in [-0.25, -0.2) is 0 Å². The molecule has 0 saturated carbocycles. The van der Waals surface area contributed by atoms with Crippen molar-refractivity contribution >= 4 is 58.6 Å². The molecule has 1 aromatic heterocycles. The maximum Gasteiger partial charge on any atom is 0.0684 e. The van der Waals surface area contributed by atoms with E-state index in [4.69, 9.17) is 0 Å². The summed E-state index contributed by atoms with van der Waals surface area (Å²) >= 11 is 0. The van der Waals surface area contributed by atoms with Gasteiger partial charge < -0.3 is 14.6 Å². The fourth-order valence-corrected chi connectivity index (χ4v) is 6.54. The largest absolute Gasteiger partial charge is 0.354 e. The minimum Gasteiger partial charge on any atom is -0.354 e. The van der Waals surface area contributed by atoms with Gasteiger partial charge in [0.05, 0.1) is 22.4 Å². The Hall–Kier alpha value is -4.85. The SMILES string of the molecule is c1ccc(Nc2ccccc2N(Pc2ccc3c(c2)c2ccccc2n3-c2ccccc2)c2ccccc2)cc1. The lowest BCUT2D eigenvalue weighted by atomic mass is 10.1. The Morgan fingerprint density at radius 1 is 0.525 bits per heavy atom. The standard InChI is InChI=1S/C36H28N3P/c1-4-14-27(15-5-1)37-33-21-11-13-23-36(33)39(29-18-8-3-9-19-29)40-30-24-25-35-32(26-30)31-20-10-12-22-34(31)38(35)28-16-6-2-7-17-28/h1-26,37,40H. The quantitative estimate of drug-likeness (QED) is 0.206. The molecule has 7 aromatic rings. The lowest BCUT2D eigenvalue weighted by Crippen LogP contribution is -2.12. The highest BCUT2D eigenvalue weighted by atomic mass is 31.1. The molecule has 0 fully saturated rings. The first-order valence-electron chi connectivity index (χ1n) is 13.5. The summed E-state index contributed by atoms with van der Waals surface area (Å²) in [6, 6.07) is 55.8. The summed E-state index contributed by atoms with van der Waals surface area (Å²) < 4.78 is 4.79. The molecule has 0 spiro atoms. The number of hydrogen-bond acceptors (Lipinski definition) is 2. The third-order valence-corrected chi connectivity index (χ3v) is 8.43. The second-order valence-electron chi connectivity index (χ2n) is 9.71. The van der Waals surface area contributed by atoms with Crippen LogP contribution in [0, 0.1) is 0 Å². The van der Waals surface area contributed by atoms with E-state index in [0.29, 0.717) is 8.73 Å². The second kappa shape index (κ2) is 10.7. The van der Waals surface area contributed by atoms with Crippen LogP contribution in [0.25, 0.3) is 27.5 Å². The molecule has 0 aliphatic heterocycles. The van der Waals surface area contributed by atoms with Crippen molar-refractivity contribution in [1.82, 2.24) is 4.57 Å². The van der Waals surface area contributed by atoms with E-state index in [-0.39, 0.29) is 0 Å². The molecular formula is C36H28N3P. The number of benzene rings is 6. The van der Waals surface area contributed by atoms with Crippen molar-refractivity contribution in [2.45, 2.75) is 0 Å². The zero-order valence-electron chi connectivity index (χ0n) is 21.9. The van der Waals surface area contributed by atoms with Crippen molar-refractivity contribution in [2.24, 2.45) is 0 Å². The third kappa shape index (κ3) is 4.62. The van der Waals surface area contributed by atoms with Crippen LogP contribution in [-0.4, -0.2) is 4.57 Å². The monoisotopic (exact) mass is 533 g/mol. The van der Waals surface area contributed by atoms with Crippen LogP contribution >= 0.6 is 8.73 Å². The number of anilines is 4. The smallest absolute Gasteiger partial charge is 0.0684 e. The lowest BCUT2D eigenvalue weighted by molar-refractivity contribution is 1.18. The van der Waals surface area contributed by atoms with E-state index in [0.717, 1.165) is 22.7 Å². The third-order valence-electron chi connectivity index (χ3n) is 7.14. The van der Waals surface area contributed by atoms with E-state index >= 15 is 0 Å². The molecule has 1 atom stereocenters. The maximum atomic E-state index is 3.64. The number of aromatic nitrogens is 1. The summed E-state index contributed by atoms with van der Waals surface area (Å²) in [4.78, 5) is 0. The number of fused-ring (bicyclic) bond motifs is 3. The van der Waals surface area contributed by atoms with E-state index in [2.05, 4.69) is 166 Å². The molecule has 0 bridgehead atoms. The topological polar surface area (TPSA) is 20.2 Å². The highest BCUT2D eigenvalue weighted by molar-refractivity contribution is 7.49. The van der Waals surface area contributed by atoms with Gasteiger partial charge in [-0.2, -0.15) is 0 Å². The highest BCUT2D eigenvalue weighted by Gasteiger charge is 2.17. The first-order chi connectivity index (χ1) is 19.8. The number of nitrogens with one attached hydrogen (secondary N) is 1. The van der Waals surface area contributed by atoms with Gasteiger partial charge >= 0.3 is 0 Å². The minimum atomic E-state index is 0.402.